The van der Waals surface area contributed by atoms with Gasteiger partial charge in [0.05, 0.1) is 12.7 Å². The molecular weight excluding hydrogens is 156 g/mol. The fraction of sp³-hybridized carbons (Fsp3) is 1.00. The molecule has 0 saturated carbocycles. The van der Waals surface area contributed by atoms with E-state index in [1.165, 1.54) is 12.8 Å². The highest BCUT2D eigenvalue weighted by Gasteiger charge is 2.52. The van der Waals surface area contributed by atoms with Gasteiger partial charge in [0.2, 0.25) is 0 Å². The molecule has 0 aromatic carbocycles. The van der Waals surface area contributed by atoms with E-state index in [1.807, 2.05) is 0 Å². The SMILES string of the molecule is CCCC[C@@H]1OC[C@H](O)[C@@H]2O[C@@H]21. The molecule has 0 spiro atoms. The van der Waals surface area contributed by atoms with Gasteiger partial charge in [0.25, 0.3) is 0 Å². The molecule has 70 valence electrons. The summed E-state index contributed by atoms with van der Waals surface area (Å²) in [5.74, 6) is 0. The van der Waals surface area contributed by atoms with Crippen molar-refractivity contribution in [3.05, 3.63) is 0 Å². The van der Waals surface area contributed by atoms with Gasteiger partial charge in [0.15, 0.2) is 0 Å². The van der Waals surface area contributed by atoms with E-state index >= 15 is 0 Å². The number of fused-ring (bicyclic) bond motifs is 1. The van der Waals surface area contributed by atoms with Crippen LogP contribution in [0.25, 0.3) is 0 Å². The molecule has 0 amide bonds. The highest BCUT2D eigenvalue weighted by atomic mass is 16.6. The first-order valence-electron chi connectivity index (χ1n) is 4.78. The van der Waals surface area contributed by atoms with Crippen LogP contribution in [0, 0.1) is 0 Å². The Bertz CT molecular complexity index is 158. The highest BCUT2D eigenvalue weighted by Crippen LogP contribution is 2.36. The molecule has 1 N–H and O–H groups in total. The quantitative estimate of drug-likeness (QED) is 0.637. The Balaban J connectivity index is 1.78. The summed E-state index contributed by atoms with van der Waals surface area (Å²) >= 11 is 0. The Labute approximate surface area is 72.7 Å². The number of hydrogen-bond donors (Lipinski definition) is 1. The molecule has 0 radical (unpaired) electrons. The summed E-state index contributed by atoms with van der Waals surface area (Å²) in [5.41, 5.74) is 0. The standard InChI is InChI=1S/C9H16O3/c1-2-3-4-7-9-8(12-9)6(10)5-11-7/h6-10H,2-5H2,1H3/t6-,7-,8-,9+/m0/s1. The molecule has 3 heteroatoms. The average molecular weight is 172 g/mol. The smallest absolute Gasteiger partial charge is 0.115 e. The van der Waals surface area contributed by atoms with Crippen molar-refractivity contribution >= 4 is 0 Å². The van der Waals surface area contributed by atoms with Crippen LogP contribution in [0.15, 0.2) is 0 Å². The van der Waals surface area contributed by atoms with Crippen LogP contribution in [0.1, 0.15) is 26.2 Å². The molecule has 2 saturated heterocycles. The molecule has 12 heavy (non-hydrogen) atoms. The van der Waals surface area contributed by atoms with E-state index in [9.17, 15) is 5.11 Å². The lowest BCUT2D eigenvalue weighted by molar-refractivity contribution is -0.0389. The Morgan fingerprint density at radius 3 is 3.00 bits per heavy atom. The third kappa shape index (κ3) is 1.49. The second-order valence-corrected chi connectivity index (χ2v) is 3.65. The van der Waals surface area contributed by atoms with Crippen molar-refractivity contribution in [2.24, 2.45) is 0 Å². The van der Waals surface area contributed by atoms with Crippen LogP contribution in [0.3, 0.4) is 0 Å². The predicted octanol–water partition coefficient (Wildman–Crippen LogP) is 0.704. The van der Waals surface area contributed by atoms with E-state index in [1.54, 1.807) is 0 Å². The monoisotopic (exact) mass is 172 g/mol. The van der Waals surface area contributed by atoms with Crippen molar-refractivity contribution in [3.63, 3.8) is 0 Å². The fourth-order valence-corrected chi connectivity index (χ4v) is 1.81. The Morgan fingerprint density at radius 2 is 2.25 bits per heavy atom. The number of ether oxygens (including phenoxy) is 2. The fourth-order valence-electron chi connectivity index (χ4n) is 1.81. The zero-order valence-electron chi connectivity index (χ0n) is 7.40. The van der Waals surface area contributed by atoms with Crippen LogP contribution in [0.2, 0.25) is 0 Å². The van der Waals surface area contributed by atoms with E-state index in [-0.39, 0.29) is 24.4 Å². The Hall–Kier alpha value is -0.120. The van der Waals surface area contributed by atoms with E-state index < -0.39 is 0 Å². The van der Waals surface area contributed by atoms with Gasteiger partial charge in [-0.15, -0.1) is 0 Å². The number of unbranched alkanes of at least 4 members (excludes halogenated alkanes) is 1. The molecule has 2 fully saturated rings. The van der Waals surface area contributed by atoms with Crippen molar-refractivity contribution in [2.75, 3.05) is 6.61 Å². The number of rotatable bonds is 3. The number of epoxide rings is 1. The van der Waals surface area contributed by atoms with Crippen LogP contribution in [-0.4, -0.2) is 36.1 Å². The lowest BCUT2D eigenvalue weighted by Crippen LogP contribution is -2.37. The lowest BCUT2D eigenvalue weighted by atomic mass is 10.0. The maximum absolute atomic E-state index is 9.31. The van der Waals surface area contributed by atoms with Crippen LogP contribution < -0.4 is 0 Å². The largest absolute Gasteiger partial charge is 0.388 e. The Morgan fingerprint density at radius 1 is 1.42 bits per heavy atom. The van der Waals surface area contributed by atoms with E-state index in [0.29, 0.717) is 6.61 Å². The van der Waals surface area contributed by atoms with Crippen molar-refractivity contribution in [3.8, 4) is 0 Å². The highest BCUT2D eigenvalue weighted by molar-refractivity contribution is 4.99. The first-order valence-corrected chi connectivity index (χ1v) is 4.78. The van der Waals surface area contributed by atoms with Crippen LogP contribution >= 0.6 is 0 Å². The second-order valence-electron chi connectivity index (χ2n) is 3.65. The molecular formula is C9H16O3. The molecule has 3 nitrogen and oxygen atoms in total. The summed E-state index contributed by atoms with van der Waals surface area (Å²) in [6.07, 6.45) is 3.60. The lowest BCUT2D eigenvalue weighted by Gasteiger charge is -2.22. The zero-order valence-corrected chi connectivity index (χ0v) is 7.40. The van der Waals surface area contributed by atoms with Crippen molar-refractivity contribution in [2.45, 2.75) is 50.6 Å². The average Bonchev–Trinajstić information content (AvgIpc) is 2.83. The van der Waals surface area contributed by atoms with Crippen molar-refractivity contribution in [1.29, 1.82) is 0 Å². The molecule has 0 aromatic rings. The van der Waals surface area contributed by atoms with Gasteiger partial charge in [-0.05, 0) is 6.42 Å². The zero-order chi connectivity index (χ0) is 8.55. The van der Waals surface area contributed by atoms with Gasteiger partial charge in [-0.1, -0.05) is 19.8 Å². The normalized spacial score (nSPS) is 45.5. The predicted molar refractivity (Wildman–Crippen MR) is 43.9 cm³/mol. The minimum absolute atomic E-state index is 0.0839. The first-order chi connectivity index (χ1) is 5.83. The van der Waals surface area contributed by atoms with Crippen LogP contribution in [-0.2, 0) is 9.47 Å². The summed E-state index contributed by atoms with van der Waals surface area (Å²) in [4.78, 5) is 0. The minimum Gasteiger partial charge on any atom is -0.388 e. The van der Waals surface area contributed by atoms with Crippen molar-refractivity contribution in [1.82, 2.24) is 0 Å². The summed E-state index contributed by atoms with van der Waals surface area (Å²) in [6.45, 7) is 2.62. The first kappa shape index (κ1) is 8.48. The molecule has 0 aromatic heterocycles. The van der Waals surface area contributed by atoms with Crippen LogP contribution in [0.5, 0.6) is 0 Å². The van der Waals surface area contributed by atoms with Gasteiger partial charge in [0.1, 0.15) is 18.3 Å². The molecule has 2 aliphatic rings. The third-order valence-corrected chi connectivity index (χ3v) is 2.63. The summed E-state index contributed by atoms with van der Waals surface area (Å²) in [7, 11) is 0. The maximum Gasteiger partial charge on any atom is 0.115 e. The van der Waals surface area contributed by atoms with Gasteiger partial charge >= 0.3 is 0 Å². The third-order valence-electron chi connectivity index (χ3n) is 2.63. The number of aliphatic hydroxyl groups excluding tert-OH is 1. The van der Waals surface area contributed by atoms with Gasteiger partial charge < -0.3 is 14.6 Å². The van der Waals surface area contributed by atoms with E-state index in [0.717, 1.165) is 6.42 Å². The molecule has 0 unspecified atom stereocenters. The molecule has 0 bridgehead atoms. The minimum atomic E-state index is -0.382. The molecule has 2 rings (SSSR count). The van der Waals surface area contributed by atoms with E-state index in [2.05, 4.69) is 6.92 Å². The summed E-state index contributed by atoms with van der Waals surface area (Å²) in [5, 5.41) is 9.31. The molecule has 2 heterocycles. The Kier molecular flexibility index (Phi) is 2.35. The molecule has 0 aliphatic carbocycles. The topological polar surface area (TPSA) is 42.0 Å². The summed E-state index contributed by atoms with van der Waals surface area (Å²) < 4.78 is 10.8. The van der Waals surface area contributed by atoms with Crippen LogP contribution in [0.4, 0.5) is 0 Å². The molecule has 2 aliphatic heterocycles. The summed E-state index contributed by atoms with van der Waals surface area (Å²) in [6, 6.07) is 0. The van der Waals surface area contributed by atoms with Crippen molar-refractivity contribution < 1.29 is 14.6 Å². The van der Waals surface area contributed by atoms with Gasteiger partial charge in [-0.3, -0.25) is 0 Å². The maximum atomic E-state index is 9.31. The number of hydrogen-bond acceptors (Lipinski definition) is 3. The van der Waals surface area contributed by atoms with E-state index in [4.69, 9.17) is 9.47 Å². The number of aliphatic hydroxyl groups is 1. The van der Waals surface area contributed by atoms with Gasteiger partial charge in [-0.2, -0.15) is 0 Å². The van der Waals surface area contributed by atoms with Gasteiger partial charge in [0, 0.05) is 0 Å². The second kappa shape index (κ2) is 3.32. The van der Waals surface area contributed by atoms with Gasteiger partial charge in [-0.25, -0.2) is 0 Å². The molecule has 4 atom stereocenters.